The molecule has 6 heteroatoms. The van der Waals surface area contributed by atoms with E-state index in [1.807, 2.05) is 0 Å². The van der Waals surface area contributed by atoms with Crippen molar-refractivity contribution in [2.75, 3.05) is 26.2 Å². The number of carbonyl (C=O) groups excluding carboxylic acids is 1. The number of nitrogens with zero attached hydrogens (tertiary/aromatic N) is 1. The number of aryl methyl sites for hydroxylation is 2. The summed E-state index contributed by atoms with van der Waals surface area (Å²) in [7, 11) is 0. The lowest BCUT2D eigenvalue weighted by Crippen LogP contribution is -2.37. The number of benzene rings is 1. The van der Waals surface area contributed by atoms with Crippen molar-refractivity contribution in [2.24, 2.45) is 11.7 Å². The minimum atomic E-state index is -0.931. The fourth-order valence-electron chi connectivity index (χ4n) is 3.86. The molecule has 0 bridgehead atoms. The average Bonchev–Trinajstić information content (AvgIpc) is 3.24. The first-order valence-electron chi connectivity index (χ1n) is 11.5. The van der Waals surface area contributed by atoms with Crippen LogP contribution in [0.5, 0.6) is 0 Å². The third-order valence-electron chi connectivity index (χ3n) is 6.45. The van der Waals surface area contributed by atoms with E-state index in [0.717, 1.165) is 50.9 Å². The Morgan fingerprint density at radius 3 is 2.13 bits per heavy atom. The van der Waals surface area contributed by atoms with Gasteiger partial charge in [-0.15, -0.1) is 0 Å². The molecule has 176 valence electrons. The molecule has 0 amide bonds. The lowest BCUT2D eigenvalue weighted by atomic mass is 9.78. The molecule has 0 radical (unpaired) electrons. The van der Waals surface area contributed by atoms with Crippen LogP contribution in [-0.4, -0.2) is 54.2 Å². The van der Waals surface area contributed by atoms with Gasteiger partial charge in [-0.05, 0) is 62.4 Å². The average molecular weight is 435 g/mol. The molecular formula is C25H42N2O4. The Kier molecular flexibility index (Phi) is 11.2. The van der Waals surface area contributed by atoms with Gasteiger partial charge in [0.15, 0.2) is 0 Å². The lowest BCUT2D eigenvalue weighted by molar-refractivity contribution is -0.151. The van der Waals surface area contributed by atoms with E-state index in [4.69, 9.17) is 15.6 Å². The Balaban J connectivity index is 0.000000512. The predicted octanol–water partition coefficient (Wildman–Crippen LogP) is 4.05. The van der Waals surface area contributed by atoms with Crippen LogP contribution in [0.2, 0.25) is 0 Å². The SMILES string of the molecule is CC(C)[C@H](N)C(=O)O.CCN(CC)CCOC(=O)C1(c2ccc(C)c(C)c2)CCCC1. The van der Waals surface area contributed by atoms with Crippen LogP contribution in [0.3, 0.4) is 0 Å². The molecular weight excluding hydrogens is 392 g/mol. The number of ether oxygens (including phenoxy) is 1. The molecule has 1 aliphatic rings. The standard InChI is InChI=1S/C20H31NO2.C5H11NO2/c1-5-21(6-2)13-14-23-19(22)20(11-7-8-12-20)18-10-9-16(3)17(4)15-18;1-3(2)4(6)5(7)8/h9-10,15H,5-8,11-14H2,1-4H3;3-4H,6H2,1-2H3,(H,7,8)/t;4-/m.0/s1. The van der Waals surface area contributed by atoms with Crippen LogP contribution < -0.4 is 5.73 Å². The molecule has 1 fully saturated rings. The topological polar surface area (TPSA) is 92.9 Å². The van der Waals surface area contributed by atoms with Crippen LogP contribution in [-0.2, 0) is 19.7 Å². The van der Waals surface area contributed by atoms with Gasteiger partial charge in [-0.1, -0.05) is 58.7 Å². The molecule has 1 aromatic rings. The van der Waals surface area contributed by atoms with Crippen LogP contribution in [0.15, 0.2) is 18.2 Å². The number of carbonyl (C=O) groups is 2. The largest absolute Gasteiger partial charge is 0.480 e. The highest BCUT2D eigenvalue weighted by atomic mass is 16.5. The summed E-state index contributed by atoms with van der Waals surface area (Å²) in [5.41, 5.74) is 8.42. The molecule has 0 saturated heterocycles. The summed E-state index contributed by atoms with van der Waals surface area (Å²) in [5.74, 6) is -0.932. The Labute approximate surface area is 188 Å². The normalized spacial score (nSPS) is 16.0. The predicted molar refractivity (Wildman–Crippen MR) is 125 cm³/mol. The number of esters is 1. The minimum absolute atomic E-state index is 0.0208. The molecule has 2 rings (SSSR count). The molecule has 0 heterocycles. The maximum atomic E-state index is 12.9. The molecule has 3 N–H and O–H groups in total. The third kappa shape index (κ3) is 7.62. The zero-order valence-corrected chi connectivity index (χ0v) is 20.2. The number of nitrogens with two attached hydrogens (primary N) is 1. The zero-order valence-electron chi connectivity index (χ0n) is 20.2. The third-order valence-corrected chi connectivity index (χ3v) is 6.45. The minimum Gasteiger partial charge on any atom is -0.480 e. The molecule has 0 unspecified atom stereocenters. The summed E-state index contributed by atoms with van der Waals surface area (Å²) in [6.45, 7) is 15.4. The monoisotopic (exact) mass is 434 g/mol. The van der Waals surface area contributed by atoms with Crippen molar-refractivity contribution in [1.29, 1.82) is 0 Å². The second kappa shape index (κ2) is 12.8. The molecule has 1 aliphatic carbocycles. The molecule has 6 nitrogen and oxygen atoms in total. The van der Waals surface area contributed by atoms with Crippen molar-refractivity contribution in [3.8, 4) is 0 Å². The van der Waals surface area contributed by atoms with Gasteiger partial charge < -0.3 is 20.5 Å². The Bertz CT molecular complexity index is 707. The van der Waals surface area contributed by atoms with Gasteiger partial charge in [0.2, 0.25) is 0 Å². The number of likely N-dealkylation sites (N-methyl/N-ethyl adjacent to an activating group) is 1. The Hall–Kier alpha value is -1.92. The second-order valence-electron chi connectivity index (χ2n) is 8.86. The van der Waals surface area contributed by atoms with Crippen molar-refractivity contribution >= 4 is 11.9 Å². The van der Waals surface area contributed by atoms with E-state index >= 15 is 0 Å². The maximum absolute atomic E-state index is 12.9. The van der Waals surface area contributed by atoms with E-state index in [0.29, 0.717) is 6.61 Å². The first-order valence-corrected chi connectivity index (χ1v) is 11.5. The lowest BCUT2D eigenvalue weighted by Gasteiger charge is -2.28. The van der Waals surface area contributed by atoms with Crippen LogP contribution >= 0.6 is 0 Å². The van der Waals surface area contributed by atoms with E-state index in [1.54, 1.807) is 13.8 Å². The first-order chi connectivity index (χ1) is 14.6. The quantitative estimate of drug-likeness (QED) is 0.570. The van der Waals surface area contributed by atoms with Gasteiger partial charge >= 0.3 is 11.9 Å². The molecule has 1 aromatic carbocycles. The molecule has 0 aliphatic heterocycles. The van der Waals surface area contributed by atoms with Gasteiger partial charge in [0.1, 0.15) is 12.6 Å². The fourth-order valence-corrected chi connectivity index (χ4v) is 3.86. The van der Waals surface area contributed by atoms with Crippen molar-refractivity contribution in [1.82, 2.24) is 4.90 Å². The van der Waals surface area contributed by atoms with E-state index in [1.165, 1.54) is 11.1 Å². The van der Waals surface area contributed by atoms with Crippen LogP contribution in [0.4, 0.5) is 0 Å². The number of carboxylic acid groups (broad SMARTS) is 1. The number of rotatable bonds is 9. The first kappa shape index (κ1) is 27.1. The Morgan fingerprint density at radius 2 is 1.71 bits per heavy atom. The molecule has 0 spiro atoms. The van der Waals surface area contributed by atoms with Crippen molar-refractivity contribution in [2.45, 2.75) is 78.7 Å². The maximum Gasteiger partial charge on any atom is 0.320 e. The molecule has 1 atom stereocenters. The second-order valence-corrected chi connectivity index (χ2v) is 8.86. The summed E-state index contributed by atoms with van der Waals surface area (Å²) in [6, 6.07) is 5.73. The van der Waals surface area contributed by atoms with E-state index in [2.05, 4.69) is 50.8 Å². The smallest absolute Gasteiger partial charge is 0.320 e. The number of hydrogen-bond acceptors (Lipinski definition) is 5. The molecule has 1 saturated carbocycles. The summed E-state index contributed by atoms with van der Waals surface area (Å²) < 4.78 is 5.71. The summed E-state index contributed by atoms with van der Waals surface area (Å²) in [4.78, 5) is 25.2. The van der Waals surface area contributed by atoms with Crippen molar-refractivity contribution in [3.63, 3.8) is 0 Å². The van der Waals surface area contributed by atoms with Gasteiger partial charge in [0.25, 0.3) is 0 Å². The van der Waals surface area contributed by atoms with Gasteiger partial charge in [0, 0.05) is 6.54 Å². The fraction of sp³-hybridized carbons (Fsp3) is 0.680. The number of hydrogen-bond donors (Lipinski definition) is 2. The highest BCUT2D eigenvalue weighted by Gasteiger charge is 2.44. The summed E-state index contributed by atoms with van der Waals surface area (Å²) >= 11 is 0. The molecule has 31 heavy (non-hydrogen) atoms. The highest BCUT2D eigenvalue weighted by Crippen LogP contribution is 2.42. The van der Waals surface area contributed by atoms with Crippen molar-refractivity contribution in [3.05, 3.63) is 34.9 Å². The van der Waals surface area contributed by atoms with Crippen molar-refractivity contribution < 1.29 is 19.4 Å². The summed E-state index contributed by atoms with van der Waals surface area (Å²) in [5, 5.41) is 8.23. The van der Waals surface area contributed by atoms with Crippen LogP contribution in [0.1, 0.15) is 70.1 Å². The van der Waals surface area contributed by atoms with Gasteiger partial charge in [0.05, 0.1) is 5.41 Å². The van der Waals surface area contributed by atoms with E-state index in [9.17, 15) is 9.59 Å². The Morgan fingerprint density at radius 1 is 1.13 bits per heavy atom. The van der Waals surface area contributed by atoms with Gasteiger partial charge in [-0.3, -0.25) is 9.59 Å². The van der Waals surface area contributed by atoms with Crippen LogP contribution in [0, 0.1) is 19.8 Å². The zero-order chi connectivity index (χ0) is 23.6. The molecule has 0 aromatic heterocycles. The van der Waals surface area contributed by atoms with Gasteiger partial charge in [-0.2, -0.15) is 0 Å². The van der Waals surface area contributed by atoms with Gasteiger partial charge in [-0.25, -0.2) is 0 Å². The van der Waals surface area contributed by atoms with E-state index < -0.39 is 17.4 Å². The summed E-state index contributed by atoms with van der Waals surface area (Å²) in [6.07, 6.45) is 4.05. The highest BCUT2D eigenvalue weighted by molar-refractivity contribution is 5.83. The number of carboxylic acids is 1. The number of aliphatic carboxylic acids is 1. The van der Waals surface area contributed by atoms with E-state index in [-0.39, 0.29) is 11.9 Å². The van der Waals surface area contributed by atoms with Crippen LogP contribution in [0.25, 0.3) is 0 Å².